The van der Waals surface area contributed by atoms with Crippen LogP contribution in [0.25, 0.3) is 0 Å². The predicted octanol–water partition coefficient (Wildman–Crippen LogP) is 2.74. The molecule has 1 aromatic rings. The van der Waals surface area contributed by atoms with E-state index in [1.165, 1.54) is 0 Å². The molecular weight excluding hydrogens is 483 g/mol. The normalized spacial score (nSPS) is 11.3. The van der Waals surface area contributed by atoms with Crippen LogP contribution in [0.2, 0.25) is 0 Å². The van der Waals surface area contributed by atoms with Gasteiger partial charge in [0.05, 0.1) is 13.2 Å². The van der Waals surface area contributed by atoms with Gasteiger partial charge in [-0.05, 0) is 45.0 Å². The van der Waals surface area contributed by atoms with E-state index in [2.05, 4.69) is 46.6 Å². The summed E-state index contributed by atoms with van der Waals surface area (Å²) in [5, 5.41) is 6.61. The number of rotatable bonds is 15. The van der Waals surface area contributed by atoms with E-state index in [4.69, 9.17) is 14.2 Å². The number of methoxy groups -OCH3 is 1. The second-order valence-electron chi connectivity index (χ2n) is 6.46. The van der Waals surface area contributed by atoms with E-state index in [0.29, 0.717) is 13.2 Å². The van der Waals surface area contributed by atoms with Gasteiger partial charge in [-0.25, -0.2) is 4.99 Å². The summed E-state index contributed by atoms with van der Waals surface area (Å²) >= 11 is 0. The lowest BCUT2D eigenvalue weighted by Crippen LogP contribution is -2.38. The van der Waals surface area contributed by atoms with Gasteiger partial charge < -0.3 is 29.7 Å². The van der Waals surface area contributed by atoms with Crippen LogP contribution in [0.4, 0.5) is 0 Å². The molecule has 0 saturated carbocycles. The highest BCUT2D eigenvalue weighted by molar-refractivity contribution is 14.0. The molecule has 1 aromatic carbocycles. The van der Waals surface area contributed by atoms with Crippen LogP contribution in [0.15, 0.2) is 29.3 Å². The fourth-order valence-electron chi connectivity index (χ4n) is 2.45. The topological polar surface area (TPSA) is 67.4 Å². The van der Waals surface area contributed by atoms with Gasteiger partial charge in [0.2, 0.25) is 0 Å². The van der Waals surface area contributed by atoms with E-state index >= 15 is 0 Å². The molecule has 0 amide bonds. The first-order chi connectivity index (χ1) is 13.7. The van der Waals surface area contributed by atoms with Gasteiger partial charge in [0.25, 0.3) is 0 Å². The number of hydrogen-bond donors (Lipinski definition) is 2. The highest BCUT2D eigenvalue weighted by Gasteiger charge is 2.01. The zero-order valence-corrected chi connectivity index (χ0v) is 20.7. The second-order valence-corrected chi connectivity index (χ2v) is 6.46. The zero-order valence-electron chi connectivity index (χ0n) is 18.4. The van der Waals surface area contributed by atoms with E-state index in [0.717, 1.165) is 69.7 Å². The summed E-state index contributed by atoms with van der Waals surface area (Å²) in [5.74, 6) is 1.70. The molecule has 8 heteroatoms. The van der Waals surface area contributed by atoms with E-state index < -0.39 is 0 Å². The molecule has 0 atom stereocenters. The molecule has 0 fully saturated rings. The Balaban J connectivity index is 0.00000784. The van der Waals surface area contributed by atoms with Crippen LogP contribution in [0, 0.1) is 0 Å². The van der Waals surface area contributed by atoms with Gasteiger partial charge in [0.1, 0.15) is 12.4 Å². The molecule has 0 unspecified atom stereocenters. The number of ether oxygens (including phenoxy) is 3. The van der Waals surface area contributed by atoms with Crippen molar-refractivity contribution in [2.45, 2.75) is 26.8 Å². The smallest absolute Gasteiger partial charge is 0.191 e. The van der Waals surface area contributed by atoms with E-state index in [1.807, 2.05) is 19.1 Å². The third-order valence-electron chi connectivity index (χ3n) is 4.04. The number of hydrogen-bond acceptors (Lipinski definition) is 5. The van der Waals surface area contributed by atoms with Crippen molar-refractivity contribution >= 4 is 29.9 Å². The van der Waals surface area contributed by atoms with Crippen molar-refractivity contribution in [3.63, 3.8) is 0 Å². The molecular formula is C21H39IN4O3. The van der Waals surface area contributed by atoms with Crippen molar-refractivity contribution in [2.75, 3.05) is 66.8 Å². The first kappa shape index (κ1) is 27.9. The molecule has 0 heterocycles. The molecule has 168 valence electrons. The SMILES string of the molecule is CCNC(=NCc1cccc(OCCN(C)CCOC)c1)NCCCOCC.I. The molecule has 7 nitrogen and oxygen atoms in total. The average molecular weight is 522 g/mol. The second kappa shape index (κ2) is 18.9. The minimum Gasteiger partial charge on any atom is -0.492 e. The Labute approximate surface area is 193 Å². The lowest BCUT2D eigenvalue weighted by molar-refractivity contribution is 0.145. The molecule has 0 aliphatic heterocycles. The van der Waals surface area contributed by atoms with Crippen molar-refractivity contribution in [2.24, 2.45) is 4.99 Å². The molecule has 0 aromatic heterocycles. The molecule has 0 spiro atoms. The maximum Gasteiger partial charge on any atom is 0.191 e. The third kappa shape index (κ3) is 14.5. The Hall–Kier alpha value is -1.10. The minimum atomic E-state index is 0. The van der Waals surface area contributed by atoms with Gasteiger partial charge in [-0.1, -0.05) is 12.1 Å². The fraction of sp³-hybridized carbons (Fsp3) is 0.667. The van der Waals surface area contributed by atoms with Crippen LogP contribution in [0.1, 0.15) is 25.8 Å². The number of nitrogens with zero attached hydrogens (tertiary/aromatic N) is 2. The van der Waals surface area contributed by atoms with Crippen LogP contribution >= 0.6 is 24.0 Å². The van der Waals surface area contributed by atoms with Gasteiger partial charge in [-0.2, -0.15) is 0 Å². The highest BCUT2D eigenvalue weighted by atomic mass is 127. The molecule has 0 aliphatic carbocycles. The fourth-order valence-corrected chi connectivity index (χ4v) is 2.45. The van der Waals surface area contributed by atoms with Crippen molar-refractivity contribution in [1.29, 1.82) is 0 Å². The largest absolute Gasteiger partial charge is 0.492 e. The maximum atomic E-state index is 5.88. The summed E-state index contributed by atoms with van der Waals surface area (Å²) in [5.41, 5.74) is 1.12. The van der Waals surface area contributed by atoms with Gasteiger partial charge in [0, 0.05) is 46.5 Å². The zero-order chi connectivity index (χ0) is 20.5. The van der Waals surface area contributed by atoms with Crippen LogP contribution in [0.3, 0.4) is 0 Å². The number of nitrogens with one attached hydrogen (secondary N) is 2. The first-order valence-electron chi connectivity index (χ1n) is 10.2. The van der Waals surface area contributed by atoms with Crippen molar-refractivity contribution in [3.05, 3.63) is 29.8 Å². The molecule has 2 N–H and O–H groups in total. The van der Waals surface area contributed by atoms with Gasteiger partial charge in [-0.15, -0.1) is 24.0 Å². The number of halogens is 1. The van der Waals surface area contributed by atoms with Crippen LogP contribution in [-0.2, 0) is 16.0 Å². The van der Waals surface area contributed by atoms with E-state index in [9.17, 15) is 0 Å². The van der Waals surface area contributed by atoms with Crippen molar-refractivity contribution in [1.82, 2.24) is 15.5 Å². The molecule has 29 heavy (non-hydrogen) atoms. The molecule has 1 rings (SSSR count). The Bertz CT molecular complexity index is 546. The van der Waals surface area contributed by atoms with Crippen LogP contribution in [0.5, 0.6) is 5.75 Å². The van der Waals surface area contributed by atoms with Crippen LogP contribution in [-0.4, -0.2) is 77.6 Å². The van der Waals surface area contributed by atoms with Crippen LogP contribution < -0.4 is 15.4 Å². The summed E-state index contributed by atoms with van der Waals surface area (Å²) in [6, 6.07) is 8.12. The Morgan fingerprint density at radius 2 is 1.90 bits per heavy atom. The maximum absolute atomic E-state index is 5.88. The lowest BCUT2D eigenvalue weighted by atomic mass is 10.2. The average Bonchev–Trinajstić information content (AvgIpc) is 2.70. The van der Waals surface area contributed by atoms with Gasteiger partial charge in [-0.3, -0.25) is 0 Å². The van der Waals surface area contributed by atoms with Crippen molar-refractivity contribution < 1.29 is 14.2 Å². The number of guanidine groups is 1. The quantitative estimate of drug-likeness (QED) is 0.160. The Morgan fingerprint density at radius 3 is 2.62 bits per heavy atom. The van der Waals surface area contributed by atoms with E-state index in [1.54, 1.807) is 7.11 Å². The van der Waals surface area contributed by atoms with Crippen molar-refractivity contribution in [3.8, 4) is 5.75 Å². The summed E-state index contributed by atoms with van der Waals surface area (Å²) in [7, 11) is 3.79. The summed E-state index contributed by atoms with van der Waals surface area (Å²) < 4.78 is 16.3. The molecule has 0 radical (unpaired) electrons. The standard InChI is InChI=1S/C21H38N4O3.HI/c1-5-22-21(23-11-8-14-27-6-2)24-18-19-9-7-10-20(17-19)28-16-13-25(3)12-15-26-4;/h7,9-10,17H,5-6,8,11-16,18H2,1-4H3,(H2,22,23,24);1H. The Kier molecular flexibility index (Phi) is 18.2. The highest BCUT2D eigenvalue weighted by Crippen LogP contribution is 2.14. The summed E-state index contributed by atoms with van der Waals surface area (Å²) in [4.78, 5) is 6.85. The summed E-state index contributed by atoms with van der Waals surface area (Å²) in [6.07, 6.45) is 0.959. The molecule has 0 aliphatic rings. The summed E-state index contributed by atoms with van der Waals surface area (Å²) in [6.45, 7) is 11.0. The monoisotopic (exact) mass is 522 g/mol. The first-order valence-corrected chi connectivity index (χ1v) is 10.2. The predicted molar refractivity (Wildman–Crippen MR) is 131 cm³/mol. The molecule has 0 bridgehead atoms. The van der Waals surface area contributed by atoms with E-state index in [-0.39, 0.29) is 24.0 Å². The minimum absolute atomic E-state index is 0. The Morgan fingerprint density at radius 1 is 1.10 bits per heavy atom. The number of benzene rings is 1. The molecule has 0 saturated heterocycles. The third-order valence-corrected chi connectivity index (χ3v) is 4.04. The number of likely N-dealkylation sites (N-methyl/N-ethyl adjacent to an activating group) is 1. The van der Waals surface area contributed by atoms with Gasteiger partial charge in [0.15, 0.2) is 5.96 Å². The number of aliphatic imine (C=N–C) groups is 1. The lowest BCUT2D eigenvalue weighted by Gasteiger charge is -2.16. The van der Waals surface area contributed by atoms with Gasteiger partial charge >= 0.3 is 0 Å².